The van der Waals surface area contributed by atoms with Crippen LogP contribution in [0.3, 0.4) is 0 Å². The molecule has 0 N–H and O–H groups in total. The van der Waals surface area contributed by atoms with Crippen LogP contribution >= 0.6 is 11.3 Å². The molecule has 0 amide bonds. The molecule has 6 heteroatoms. The molecule has 2 aromatic rings. The van der Waals surface area contributed by atoms with Crippen LogP contribution in [0.2, 0.25) is 0 Å². The molecule has 1 aliphatic heterocycles. The fourth-order valence-electron chi connectivity index (χ4n) is 2.65. The zero-order chi connectivity index (χ0) is 15.5. The van der Waals surface area contributed by atoms with Crippen molar-refractivity contribution in [3.63, 3.8) is 0 Å². The quantitative estimate of drug-likeness (QED) is 0.867. The minimum atomic E-state index is -0.204. The molecule has 1 saturated heterocycles. The second kappa shape index (κ2) is 6.71. The van der Waals surface area contributed by atoms with Crippen LogP contribution in [0.1, 0.15) is 24.4 Å². The van der Waals surface area contributed by atoms with E-state index in [1.807, 2.05) is 0 Å². The minimum Gasteiger partial charge on any atom is -0.344 e. The van der Waals surface area contributed by atoms with E-state index in [1.54, 1.807) is 23.5 Å². The smallest absolute Gasteiger partial charge is 0.208 e. The summed E-state index contributed by atoms with van der Waals surface area (Å²) in [4.78, 5) is 4.79. The van der Waals surface area contributed by atoms with Gasteiger partial charge in [-0.3, -0.25) is 4.90 Å². The van der Waals surface area contributed by atoms with Crippen molar-refractivity contribution in [2.75, 3.05) is 31.1 Å². The first kappa shape index (κ1) is 15.4. The third-order valence-corrected chi connectivity index (χ3v) is 5.02. The average Bonchev–Trinajstić information content (AvgIpc) is 2.98. The lowest BCUT2D eigenvalue weighted by atomic mass is 10.2. The first-order valence-electron chi connectivity index (χ1n) is 7.67. The third kappa shape index (κ3) is 3.62. The Bertz CT molecular complexity index is 603. The van der Waals surface area contributed by atoms with Gasteiger partial charge in [0, 0.05) is 38.6 Å². The maximum atomic E-state index is 12.9. The molecule has 1 fully saturated rings. The highest BCUT2D eigenvalue weighted by atomic mass is 32.1. The maximum absolute atomic E-state index is 12.9. The zero-order valence-corrected chi connectivity index (χ0v) is 13.8. The first-order chi connectivity index (χ1) is 10.6. The zero-order valence-electron chi connectivity index (χ0n) is 13.0. The summed E-state index contributed by atoms with van der Waals surface area (Å²) in [6.45, 7) is 8.63. The van der Waals surface area contributed by atoms with Gasteiger partial charge in [-0.2, -0.15) is 0 Å². The number of hydrogen-bond donors (Lipinski definition) is 0. The van der Waals surface area contributed by atoms with Gasteiger partial charge in [-0.05, 0) is 31.5 Å². The van der Waals surface area contributed by atoms with Crippen molar-refractivity contribution in [1.29, 1.82) is 0 Å². The summed E-state index contributed by atoms with van der Waals surface area (Å²) >= 11 is 1.64. The van der Waals surface area contributed by atoms with Crippen molar-refractivity contribution in [3.8, 4) is 0 Å². The first-order valence-corrected chi connectivity index (χ1v) is 8.49. The Balaban J connectivity index is 1.61. The SMILES string of the molecule is CC(C)N1CCN(c2nnc(Cc3ccc(F)cc3)s2)CC1. The summed E-state index contributed by atoms with van der Waals surface area (Å²) in [6.07, 6.45) is 0.712. The highest BCUT2D eigenvalue weighted by molar-refractivity contribution is 7.15. The highest BCUT2D eigenvalue weighted by Crippen LogP contribution is 2.23. The molecule has 0 atom stereocenters. The summed E-state index contributed by atoms with van der Waals surface area (Å²) in [6, 6.07) is 7.19. The lowest BCUT2D eigenvalue weighted by Crippen LogP contribution is -2.48. The van der Waals surface area contributed by atoms with Gasteiger partial charge in [0.1, 0.15) is 10.8 Å². The standard InChI is InChI=1S/C16H21FN4S/c1-12(2)20-7-9-21(10-8-20)16-19-18-15(22-16)11-13-3-5-14(17)6-4-13/h3-6,12H,7-11H2,1-2H3. The molecule has 0 bridgehead atoms. The number of anilines is 1. The summed E-state index contributed by atoms with van der Waals surface area (Å²) in [5.74, 6) is -0.204. The van der Waals surface area contributed by atoms with E-state index in [9.17, 15) is 4.39 Å². The second-order valence-electron chi connectivity index (χ2n) is 5.90. The van der Waals surface area contributed by atoms with E-state index in [0.717, 1.165) is 41.9 Å². The Morgan fingerprint density at radius 3 is 2.41 bits per heavy atom. The summed E-state index contributed by atoms with van der Waals surface area (Å²) in [7, 11) is 0. The van der Waals surface area contributed by atoms with Gasteiger partial charge in [0.15, 0.2) is 0 Å². The number of aromatic nitrogens is 2. The minimum absolute atomic E-state index is 0.204. The van der Waals surface area contributed by atoms with Gasteiger partial charge in [0.05, 0.1) is 0 Å². The van der Waals surface area contributed by atoms with E-state index in [2.05, 4.69) is 33.8 Å². The van der Waals surface area contributed by atoms with E-state index in [1.165, 1.54) is 12.1 Å². The van der Waals surface area contributed by atoms with Crippen LogP contribution in [-0.2, 0) is 6.42 Å². The fraction of sp³-hybridized carbons (Fsp3) is 0.500. The van der Waals surface area contributed by atoms with Gasteiger partial charge in [-0.1, -0.05) is 23.5 Å². The van der Waals surface area contributed by atoms with E-state index < -0.39 is 0 Å². The van der Waals surface area contributed by atoms with Crippen LogP contribution in [0.4, 0.5) is 9.52 Å². The van der Waals surface area contributed by atoms with Gasteiger partial charge in [0.2, 0.25) is 5.13 Å². The Labute approximate surface area is 134 Å². The maximum Gasteiger partial charge on any atom is 0.208 e. The van der Waals surface area contributed by atoms with Gasteiger partial charge < -0.3 is 4.90 Å². The topological polar surface area (TPSA) is 32.3 Å². The van der Waals surface area contributed by atoms with Crippen LogP contribution in [0.25, 0.3) is 0 Å². The largest absolute Gasteiger partial charge is 0.344 e. The van der Waals surface area contributed by atoms with Gasteiger partial charge in [-0.25, -0.2) is 4.39 Å². The molecule has 118 valence electrons. The highest BCUT2D eigenvalue weighted by Gasteiger charge is 2.21. The average molecular weight is 320 g/mol. The Hall–Kier alpha value is -1.53. The monoisotopic (exact) mass is 320 g/mol. The molecular weight excluding hydrogens is 299 g/mol. The molecule has 0 unspecified atom stereocenters. The van der Waals surface area contributed by atoms with Crippen molar-refractivity contribution >= 4 is 16.5 Å². The van der Waals surface area contributed by atoms with Gasteiger partial charge in [0.25, 0.3) is 0 Å². The van der Waals surface area contributed by atoms with Crippen molar-refractivity contribution in [1.82, 2.24) is 15.1 Å². The van der Waals surface area contributed by atoms with Crippen LogP contribution in [0, 0.1) is 5.82 Å². The number of benzene rings is 1. The molecule has 0 aliphatic carbocycles. The molecule has 0 spiro atoms. The van der Waals surface area contributed by atoms with Crippen LogP contribution < -0.4 is 4.90 Å². The van der Waals surface area contributed by atoms with Crippen molar-refractivity contribution in [3.05, 3.63) is 40.7 Å². The number of piperazine rings is 1. The molecular formula is C16H21FN4S. The van der Waals surface area contributed by atoms with Crippen molar-refractivity contribution in [2.45, 2.75) is 26.3 Å². The van der Waals surface area contributed by atoms with Gasteiger partial charge >= 0.3 is 0 Å². The molecule has 3 rings (SSSR count). The van der Waals surface area contributed by atoms with E-state index in [4.69, 9.17) is 0 Å². The summed E-state index contributed by atoms with van der Waals surface area (Å²) in [5, 5.41) is 10.6. The normalized spacial score (nSPS) is 16.5. The predicted molar refractivity (Wildman–Crippen MR) is 88.0 cm³/mol. The Kier molecular flexibility index (Phi) is 4.69. The number of hydrogen-bond acceptors (Lipinski definition) is 5. The lowest BCUT2D eigenvalue weighted by molar-refractivity contribution is 0.209. The number of halogens is 1. The fourth-order valence-corrected chi connectivity index (χ4v) is 3.58. The van der Waals surface area contributed by atoms with E-state index in [-0.39, 0.29) is 5.82 Å². The van der Waals surface area contributed by atoms with E-state index in [0.29, 0.717) is 12.5 Å². The van der Waals surface area contributed by atoms with Crippen LogP contribution in [0.5, 0.6) is 0 Å². The molecule has 2 heterocycles. The molecule has 1 aliphatic rings. The molecule has 4 nitrogen and oxygen atoms in total. The molecule has 1 aromatic heterocycles. The van der Waals surface area contributed by atoms with Crippen LogP contribution in [0.15, 0.2) is 24.3 Å². The molecule has 22 heavy (non-hydrogen) atoms. The van der Waals surface area contributed by atoms with Gasteiger partial charge in [-0.15, -0.1) is 10.2 Å². The summed E-state index contributed by atoms with van der Waals surface area (Å²) in [5.41, 5.74) is 1.06. The number of nitrogens with zero attached hydrogens (tertiary/aromatic N) is 4. The summed E-state index contributed by atoms with van der Waals surface area (Å²) < 4.78 is 12.9. The number of rotatable bonds is 4. The van der Waals surface area contributed by atoms with E-state index >= 15 is 0 Å². The Morgan fingerprint density at radius 2 is 1.77 bits per heavy atom. The second-order valence-corrected chi connectivity index (χ2v) is 6.94. The predicted octanol–water partition coefficient (Wildman–Crippen LogP) is 2.80. The van der Waals surface area contributed by atoms with Crippen molar-refractivity contribution in [2.24, 2.45) is 0 Å². The molecule has 0 radical (unpaired) electrons. The molecule has 0 saturated carbocycles. The third-order valence-electron chi connectivity index (χ3n) is 4.04. The lowest BCUT2D eigenvalue weighted by Gasteiger charge is -2.36. The molecule has 1 aromatic carbocycles. The van der Waals surface area contributed by atoms with Crippen molar-refractivity contribution < 1.29 is 4.39 Å². The van der Waals surface area contributed by atoms with Crippen LogP contribution in [-0.4, -0.2) is 47.3 Å². The Morgan fingerprint density at radius 1 is 1.09 bits per heavy atom.